The van der Waals surface area contributed by atoms with Crippen LogP contribution in [0.5, 0.6) is 11.5 Å². The standard InChI is InChI=1S/C20H25F2N3O2.HI/c1-4-23-20(25-13-15-12-16(21)6-7-17(15)22)24-10-9-14-5-8-18(26-2)19(11-14)27-3;/h5-8,11-12H,4,9-10,13H2,1-3H3,(H2,23,24,25);1H. The molecule has 0 aliphatic rings. The number of guanidine groups is 1. The van der Waals surface area contributed by atoms with Crippen molar-refractivity contribution >= 4 is 29.9 Å². The van der Waals surface area contributed by atoms with E-state index in [4.69, 9.17) is 9.47 Å². The molecule has 8 heteroatoms. The lowest BCUT2D eigenvalue weighted by Crippen LogP contribution is -2.38. The number of methoxy groups -OCH3 is 2. The van der Waals surface area contributed by atoms with Crippen molar-refractivity contribution in [2.24, 2.45) is 4.99 Å². The maximum atomic E-state index is 13.7. The molecule has 154 valence electrons. The Morgan fingerprint density at radius 3 is 2.43 bits per heavy atom. The molecule has 0 saturated carbocycles. The second kappa shape index (κ2) is 12.4. The summed E-state index contributed by atoms with van der Waals surface area (Å²) >= 11 is 0. The summed E-state index contributed by atoms with van der Waals surface area (Å²) in [6.45, 7) is 3.27. The van der Waals surface area contributed by atoms with Gasteiger partial charge in [-0.05, 0) is 49.2 Å². The van der Waals surface area contributed by atoms with Gasteiger partial charge in [0.1, 0.15) is 11.6 Å². The zero-order valence-electron chi connectivity index (χ0n) is 16.2. The van der Waals surface area contributed by atoms with Gasteiger partial charge < -0.3 is 20.1 Å². The number of halogens is 3. The maximum absolute atomic E-state index is 13.7. The molecule has 0 amide bonds. The molecule has 28 heavy (non-hydrogen) atoms. The van der Waals surface area contributed by atoms with Crippen molar-refractivity contribution in [3.05, 3.63) is 59.2 Å². The topological polar surface area (TPSA) is 54.9 Å². The molecule has 0 fully saturated rings. The van der Waals surface area contributed by atoms with Crippen molar-refractivity contribution in [2.45, 2.75) is 19.9 Å². The first-order valence-corrected chi connectivity index (χ1v) is 8.74. The van der Waals surface area contributed by atoms with Crippen LogP contribution < -0.4 is 20.1 Å². The highest BCUT2D eigenvalue weighted by Gasteiger charge is 2.06. The van der Waals surface area contributed by atoms with Crippen LogP contribution in [0.25, 0.3) is 0 Å². The van der Waals surface area contributed by atoms with Crippen LogP contribution in [0.15, 0.2) is 41.4 Å². The van der Waals surface area contributed by atoms with Gasteiger partial charge in [-0.15, -0.1) is 24.0 Å². The fraction of sp³-hybridized carbons (Fsp3) is 0.350. The third-order valence-electron chi connectivity index (χ3n) is 3.91. The van der Waals surface area contributed by atoms with Gasteiger partial charge in [0.05, 0.1) is 20.8 Å². The van der Waals surface area contributed by atoms with Gasteiger partial charge in [0.2, 0.25) is 0 Å². The highest BCUT2D eigenvalue weighted by Crippen LogP contribution is 2.27. The van der Waals surface area contributed by atoms with Crippen LogP contribution in [0.2, 0.25) is 0 Å². The van der Waals surface area contributed by atoms with E-state index in [9.17, 15) is 8.78 Å². The van der Waals surface area contributed by atoms with Gasteiger partial charge in [0.25, 0.3) is 0 Å². The van der Waals surface area contributed by atoms with E-state index in [-0.39, 0.29) is 36.1 Å². The summed E-state index contributed by atoms with van der Waals surface area (Å²) in [7, 11) is 3.20. The lowest BCUT2D eigenvalue weighted by Gasteiger charge is -2.13. The number of rotatable bonds is 8. The Kier molecular flexibility index (Phi) is 10.6. The Morgan fingerprint density at radius 1 is 1.00 bits per heavy atom. The van der Waals surface area contributed by atoms with Crippen molar-refractivity contribution in [2.75, 3.05) is 27.3 Å². The van der Waals surface area contributed by atoms with E-state index < -0.39 is 11.6 Å². The largest absolute Gasteiger partial charge is 0.493 e. The summed E-state index contributed by atoms with van der Waals surface area (Å²) in [5.41, 5.74) is 1.29. The average Bonchev–Trinajstić information content (AvgIpc) is 2.68. The molecule has 0 atom stereocenters. The molecular formula is C20H26F2IN3O2. The molecule has 0 aromatic heterocycles. The van der Waals surface area contributed by atoms with Gasteiger partial charge in [-0.2, -0.15) is 0 Å². The fourth-order valence-electron chi connectivity index (χ4n) is 2.53. The molecule has 2 aromatic rings. The van der Waals surface area contributed by atoms with Crippen LogP contribution in [-0.4, -0.2) is 33.3 Å². The van der Waals surface area contributed by atoms with Crippen LogP contribution in [0.3, 0.4) is 0 Å². The van der Waals surface area contributed by atoms with E-state index in [1.807, 2.05) is 25.1 Å². The molecule has 2 rings (SSSR count). The molecule has 0 unspecified atom stereocenters. The number of hydrogen-bond donors (Lipinski definition) is 2. The number of aliphatic imine (C=N–C) groups is 1. The number of nitrogens with zero attached hydrogens (tertiary/aromatic N) is 1. The number of ether oxygens (including phenoxy) is 2. The van der Waals surface area contributed by atoms with Gasteiger partial charge in [-0.3, -0.25) is 0 Å². The molecule has 0 bridgehead atoms. The van der Waals surface area contributed by atoms with Crippen LogP contribution in [-0.2, 0) is 13.0 Å². The smallest absolute Gasteiger partial charge is 0.191 e. The minimum atomic E-state index is -0.479. The first-order chi connectivity index (χ1) is 13.1. The Balaban J connectivity index is 0.00000392. The normalized spacial score (nSPS) is 10.8. The van der Waals surface area contributed by atoms with Gasteiger partial charge in [-0.1, -0.05) is 6.07 Å². The van der Waals surface area contributed by atoms with E-state index in [0.29, 0.717) is 30.5 Å². The maximum Gasteiger partial charge on any atom is 0.191 e. The predicted molar refractivity (Wildman–Crippen MR) is 118 cm³/mol. The molecule has 5 nitrogen and oxygen atoms in total. The minimum absolute atomic E-state index is 0. The lowest BCUT2D eigenvalue weighted by molar-refractivity contribution is 0.354. The first kappa shape index (κ1) is 23.9. The van der Waals surface area contributed by atoms with E-state index >= 15 is 0 Å². The molecule has 0 saturated heterocycles. The van der Waals surface area contributed by atoms with E-state index in [2.05, 4.69) is 15.6 Å². The second-order valence-corrected chi connectivity index (χ2v) is 5.80. The van der Waals surface area contributed by atoms with Gasteiger partial charge >= 0.3 is 0 Å². The molecule has 0 heterocycles. The fourth-order valence-corrected chi connectivity index (χ4v) is 2.53. The van der Waals surface area contributed by atoms with Gasteiger partial charge in [0, 0.05) is 18.7 Å². The van der Waals surface area contributed by atoms with E-state index in [0.717, 1.165) is 30.2 Å². The zero-order valence-corrected chi connectivity index (χ0v) is 18.6. The SMILES string of the molecule is CCNC(=NCc1cc(F)ccc1F)NCCc1ccc(OC)c(OC)c1.I. The second-order valence-electron chi connectivity index (χ2n) is 5.80. The first-order valence-electron chi connectivity index (χ1n) is 8.74. The summed E-state index contributed by atoms with van der Waals surface area (Å²) in [5.74, 6) is 0.953. The van der Waals surface area contributed by atoms with Crippen molar-refractivity contribution in [3.63, 3.8) is 0 Å². The number of nitrogens with one attached hydrogen (secondary N) is 2. The van der Waals surface area contributed by atoms with Gasteiger partial charge in [-0.25, -0.2) is 13.8 Å². The molecule has 2 aromatic carbocycles. The monoisotopic (exact) mass is 505 g/mol. The summed E-state index contributed by atoms with van der Waals surface area (Å²) in [4.78, 5) is 4.32. The minimum Gasteiger partial charge on any atom is -0.493 e. The van der Waals surface area contributed by atoms with Crippen molar-refractivity contribution in [1.29, 1.82) is 0 Å². The molecule has 0 radical (unpaired) electrons. The number of hydrogen-bond acceptors (Lipinski definition) is 3. The van der Waals surface area contributed by atoms with Crippen LogP contribution in [0, 0.1) is 11.6 Å². The summed E-state index contributed by atoms with van der Waals surface area (Å²) in [6, 6.07) is 9.11. The molecule has 0 spiro atoms. The molecule has 0 aliphatic heterocycles. The molecule has 2 N–H and O–H groups in total. The summed E-state index contributed by atoms with van der Waals surface area (Å²) in [5, 5.41) is 6.28. The quantitative estimate of drug-likeness (QED) is 0.325. The average molecular weight is 505 g/mol. The molecular weight excluding hydrogens is 479 g/mol. The third kappa shape index (κ3) is 7.14. The Labute approximate surface area is 181 Å². The highest BCUT2D eigenvalue weighted by atomic mass is 127. The molecule has 0 aliphatic carbocycles. The van der Waals surface area contributed by atoms with Gasteiger partial charge in [0.15, 0.2) is 17.5 Å². The third-order valence-corrected chi connectivity index (χ3v) is 3.91. The van der Waals surface area contributed by atoms with E-state index in [1.54, 1.807) is 14.2 Å². The Hall–Kier alpha value is -2.10. The number of benzene rings is 2. The van der Waals surface area contributed by atoms with E-state index in [1.165, 1.54) is 0 Å². The Bertz CT molecular complexity index is 788. The Morgan fingerprint density at radius 2 is 1.75 bits per heavy atom. The predicted octanol–water partition coefficient (Wildman–Crippen LogP) is 3.90. The van der Waals surface area contributed by atoms with Crippen LogP contribution in [0.4, 0.5) is 8.78 Å². The van der Waals surface area contributed by atoms with Crippen LogP contribution >= 0.6 is 24.0 Å². The van der Waals surface area contributed by atoms with Crippen LogP contribution in [0.1, 0.15) is 18.1 Å². The van der Waals surface area contributed by atoms with Crippen molar-refractivity contribution in [3.8, 4) is 11.5 Å². The lowest BCUT2D eigenvalue weighted by atomic mass is 10.1. The van der Waals surface area contributed by atoms with Crippen molar-refractivity contribution in [1.82, 2.24) is 10.6 Å². The highest BCUT2D eigenvalue weighted by molar-refractivity contribution is 14.0. The zero-order chi connectivity index (χ0) is 19.6. The van der Waals surface area contributed by atoms with Crippen molar-refractivity contribution < 1.29 is 18.3 Å². The summed E-state index contributed by atoms with van der Waals surface area (Å²) in [6.07, 6.45) is 0.735. The summed E-state index contributed by atoms with van der Waals surface area (Å²) < 4.78 is 37.5.